The van der Waals surface area contributed by atoms with Crippen LogP contribution in [0.1, 0.15) is 33.6 Å². The Bertz CT molecular complexity index is 923. The molecule has 0 aliphatic heterocycles. The fourth-order valence-electron chi connectivity index (χ4n) is 2.61. The second-order valence-corrected chi connectivity index (χ2v) is 6.52. The third-order valence-electron chi connectivity index (χ3n) is 4.27. The Morgan fingerprint density at radius 3 is 2.41 bits per heavy atom. The predicted octanol–water partition coefficient (Wildman–Crippen LogP) is 2.39. The van der Waals surface area contributed by atoms with Crippen LogP contribution in [0.3, 0.4) is 0 Å². The number of benzene rings is 2. The second-order valence-electron chi connectivity index (χ2n) is 6.52. The van der Waals surface area contributed by atoms with Gasteiger partial charge in [0.2, 0.25) is 0 Å². The van der Waals surface area contributed by atoms with E-state index >= 15 is 0 Å². The van der Waals surface area contributed by atoms with Gasteiger partial charge in [0.1, 0.15) is 0 Å². The Morgan fingerprint density at radius 1 is 0.966 bits per heavy atom. The molecule has 2 amide bonds. The molecule has 8 nitrogen and oxygen atoms in total. The molecule has 0 radical (unpaired) electrons. The Balaban J connectivity index is 1.54. The summed E-state index contributed by atoms with van der Waals surface area (Å²) >= 11 is 0. The van der Waals surface area contributed by atoms with E-state index in [2.05, 4.69) is 10.6 Å². The molecule has 1 fully saturated rings. The highest BCUT2D eigenvalue weighted by Crippen LogP contribution is 2.27. The number of carbonyl (C=O) groups excluding carboxylic acids is 3. The summed E-state index contributed by atoms with van der Waals surface area (Å²) in [6.45, 7) is -0.467. The van der Waals surface area contributed by atoms with Crippen molar-refractivity contribution in [3.05, 3.63) is 53.6 Å². The third kappa shape index (κ3) is 5.47. The standard InChI is InChI=1S/C21H22N2O6/c1-27-17-9-6-14(11-18(17)28-2)21(26)29-12-19(24)22-16-5-3-4-13(10-16)20(25)23-15-7-8-15/h3-6,9-11,15H,7-8,12H2,1-2H3,(H,22,24)(H,23,25). The minimum absolute atomic E-state index is 0.177. The fraction of sp³-hybridized carbons (Fsp3) is 0.286. The molecule has 1 saturated carbocycles. The first-order valence-electron chi connectivity index (χ1n) is 9.10. The molecular weight excluding hydrogens is 376 g/mol. The van der Waals surface area contributed by atoms with Gasteiger partial charge in [0.15, 0.2) is 18.1 Å². The Morgan fingerprint density at radius 2 is 1.72 bits per heavy atom. The summed E-state index contributed by atoms with van der Waals surface area (Å²) in [6.07, 6.45) is 1.99. The van der Waals surface area contributed by atoms with Crippen LogP contribution in [0.25, 0.3) is 0 Å². The lowest BCUT2D eigenvalue weighted by molar-refractivity contribution is -0.119. The minimum atomic E-state index is -0.668. The van der Waals surface area contributed by atoms with Gasteiger partial charge in [0.05, 0.1) is 19.8 Å². The largest absolute Gasteiger partial charge is 0.493 e. The lowest BCUT2D eigenvalue weighted by Crippen LogP contribution is -2.25. The maximum atomic E-state index is 12.2. The molecule has 0 bridgehead atoms. The van der Waals surface area contributed by atoms with Crippen molar-refractivity contribution >= 4 is 23.5 Å². The van der Waals surface area contributed by atoms with Crippen molar-refractivity contribution in [1.29, 1.82) is 0 Å². The molecule has 0 unspecified atom stereocenters. The van der Waals surface area contributed by atoms with Crippen LogP contribution in [0.15, 0.2) is 42.5 Å². The molecule has 8 heteroatoms. The first-order chi connectivity index (χ1) is 14.0. The van der Waals surface area contributed by atoms with E-state index in [1.54, 1.807) is 30.3 Å². The van der Waals surface area contributed by atoms with Gasteiger partial charge in [-0.2, -0.15) is 0 Å². The number of anilines is 1. The number of nitrogens with one attached hydrogen (secondary N) is 2. The van der Waals surface area contributed by atoms with Crippen LogP contribution in [0.4, 0.5) is 5.69 Å². The lowest BCUT2D eigenvalue weighted by Gasteiger charge is -2.10. The molecule has 29 heavy (non-hydrogen) atoms. The van der Waals surface area contributed by atoms with Gasteiger partial charge in [-0.3, -0.25) is 9.59 Å². The van der Waals surface area contributed by atoms with Crippen LogP contribution in [-0.2, 0) is 9.53 Å². The topological polar surface area (TPSA) is 103 Å². The first-order valence-corrected chi connectivity index (χ1v) is 9.10. The van der Waals surface area contributed by atoms with Crippen LogP contribution < -0.4 is 20.1 Å². The van der Waals surface area contributed by atoms with E-state index in [1.807, 2.05) is 0 Å². The molecular formula is C21H22N2O6. The zero-order valence-electron chi connectivity index (χ0n) is 16.2. The summed E-state index contributed by atoms with van der Waals surface area (Å²) in [5, 5.41) is 5.50. The third-order valence-corrected chi connectivity index (χ3v) is 4.27. The molecule has 152 valence electrons. The summed E-state index contributed by atoms with van der Waals surface area (Å²) in [6, 6.07) is 11.4. The van der Waals surface area contributed by atoms with Crippen LogP contribution in [0, 0.1) is 0 Å². The number of esters is 1. The van der Waals surface area contributed by atoms with Gasteiger partial charge in [-0.25, -0.2) is 4.79 Å². The summed E-state index contributed by atoms with van der Waals surface area (Å²) in [7, 11) is 2.95. The van der Waals surface area contributed by atoms with Crippen molar-refractivity contribution < 1.29 is 28.6 Å². The normalized spacial score (nSPS) is 12.6. The second kappa shape index (κ2) is 9.09. The molecule has 1 aliphatic rings. The number of carbonyl (C=O) groups is 3. The van der Waals surface area contributed by atoms with E-state index < -0.39 is 18.5 Å². The zero-order chi connectivity index (χ0) is 20.8. The summed E-state index contributed by atoms with van der Waals surface area (Å²) in [5.74, 6) is -0.499. The van der Waals surface area contributed by atoms with Crippen molar-refractivity contribution in [2.24, 2.45) is 0 Å². The molecule has 2 aromatic rings. The van der Waals surface area contributed by atoms with Crippen molar-refractivity contribution in [2.75, 3.05) is 26.1 Å². The highest BCUT2D eigenvalue weighted by molar-refractivity contribution is 5.98. The number of hydrogen-bond acceptors (Lipinski definition) is 6. The maximum absolute atomic E-state index is 12.2. The highest BCUT2D eigenvalue weighted by Gasteiger charge is 2.23. The van der Waals surface area contributed by atoms with Gasteiger partial charge >= 0.3 is 5.97 Å². The summed E-state index contributed by atoms with van der Waals surface area (Å²) in [5.41, 5.74) is 1.13. The monoisotopic (exact) mass is 398 g/mol. The van der Waals surface area contributed by atoms with Crippen molar-refractivity contribution in [3.63, 3.8) is 0 Å². The quantitative estimate of drug-likeness (QED) is 0.662. The first kappa shape index (κ1) is 20.2. The molecule has 3 rings (SSSR count). The van der Waals surface area contributed by atoms with Crippen LogP contribution in [-0.4, -0.2) is 44.7 Å². The Hall–Kier alpha value is -3.55. The zero-order valence-corrected chi connectivity index (χ0v) is 16.2. The van der Waals surface area contributed by atoms with Crippen molar-refractivity contribution in [3.8, 4) is 11.5 Å². The van der Waals surface area contributed by atoms with E-state index in [0.29, 0.717) is 22.7 Å². The lowest BCUT2D eigenvalue weighted by atomic mass is 10.2. The van der Waals surface area contributed by atoms with Gasteiger partial charge in [-0.05, 0) is 49.2 Å². The van der Waals surface area contributed by atoms with Gasteiger partial charge in [-0.15, -0.1) is 0 Å². The Kier molecular flexibility index (Phi) is 6.33. The molecule has 2 aromatic carbocycles. The van der Waals surface area contributed by atoms with Gasteiger partial charge < -0.3 is 24.8 Å². The van der Waals surface area contributed by atoms with Crippen molar-refractivity contribution in [2.45, 2.75) is 18.9 Å². The van der Waals surface area contributed by atoms with Gasteiger partial charge in [0, 0.05) is 17.3 Å². The fourth-order valence-corrected chi connectivity index (χ4v) is 2.61. The molecule has 1 aliphatic carbocycles. The smallest absolute Gasteiger partial charge is 0.338 e. The van der Waals surface area contributed by atoms with Crippen LogP contribution >= 0.6 is 0 Å². The number of amides is 2. The van der Waals surface area contributed by atoms with E-state index in [1.165, 1.54) is 26.4 Å². The molecule has 0 saturated heterocycles. The average molecular weight is 398 g/mol. The molecule has 0 spiro atoms. The van der Waals surface area contributed by atoms with Crippen LogP contribution in [0.2, 0.25) is 0 Å². The minimum Gasteiger partial charge on any atom is -0.493 e. The molecule has 0 aromatic heterocycles. The summed E-state index contributed by atoms with van der Waals surface area (Å²) in [4.78, 5) is 36.4. The number of methoxy groups -OCH3 is 2. The van der Waals surface area contributed by atoms with Crippen molar-refractivity contribution in [1.82, 2.24) is 5.32 Å². The molecule has 0 atom stereocenters. The number of ether oxygens (including phenoxy) is 3. The molecule has 2 N–H and O–H groups in total. The van der Waals surface area contributed by atoms with E-state index in [0.717, 1.165) is 12.8 Å². The Labute approximate surface area is 168 Å². The predicted molar refractivity (Wildman–Crippen MR) is 105 cm³/mol. The van der Waals surface area contributed by atoms with Gasteiger partial charge in [0.25, 0.3) is 11.8 Å². The van der Waals surface area contributed by atoms with E-state index in [9.17, 15) is 14.4 Å². The average Bonchev–Trinajstić information content (AvgIpc) is 3.55. The number of hydrogen-bond donors (Lipinski definition) is 2. The SMILES string of the molecule is COc1ccc(C(=O)OCC(=O)Nc2cccc(C(=O)NC3CC3)c2)cc1OC. The number of rotatable bonds is 8. The summed E-state index contributed by atoms with van der Waals surface area (Å²) < 4.78 is 15.3. The highest BCUT2D eigenvalue weighted by atomic mass is 16.5. The van der Waals surface area contributed by atoms with E-state index in [4.69, 9.17) is 14.2 Å². The van der Waals surface area contributed by atoms with Crippen LogP contribution in [0.5, 0.6) is 11.5 Å². The van der Waals surface area contributed by atoms with Gasteiger partial charge in [-0.1, -0.05) is 6.07 Å². The maximum Gasteiger partial charge on any atom is 0.338 e. The molecule has 0 heterocycles. The van der Waals surface area contributed by atoms with E-state index in [-0.39, 0.29) is 17.5 Å².